The highest BCUT2D eigenvalue weighted by atomic mass is 16.5. The Balaban J connectivity index is 2.05. The van der Waals surface area contributed by atoms with Crippen LogP contribution in [0.2, 0.25) is 0 Å². The van der Waals surface area contributed by atoms with Crippen LogP contribution < -0.4 is 20.1 Å². The molecular formula is C20H30N2O4. The van der Waals surface area contributed by atoms with Crippen LogP contribution in [-0.2, 0) is 9.59 Å². The van der Waals surface area contributed by atoms with Crippen molar-refractivity contribution >= 4 is 17.5 Å². The van der Waals surface area contributed by atoms with Crippen LogP contribution in [0.25, 0.3) is 0 Å². The zero-order valence-electron chi connectivity index (χ0n) is 16.2. The van der Waals surface area contributed by atoms with E-state index in [9.17, 15) is 9.59 Å². The van der Waals surface area contributed by atoms with E-state index in [2.05, 4.69) is 10.6 Å². The maximum absolute atomic E-state index is 12.7. The predicted molar refractivity (Wildman–Crippen MR) is 102 cm³/mol. The lowest BCUT2D eigenvalue weighted by molar-refractivity contribution is -0.138. The minimum absolute atomic E-state index is 0.160. The lowest BCUT2D eigenvalue weighted by Gasteiger charge is -2.26. The summed E-state index contributed by atoms with van der Waals surface area (Å²) in [5.41, 5.74) is -0.675. The number of methoxy groups -OCH3 is 2. The molecule has 1 aromatic carbocycles. The number of benzene rings is 1. The van der Waals surface area contributed by atoms with Gasteiger partial charge in [-0.25, -0.2) is 0 Å². The third-order valence-electron chi connectivity index (χ3n) is 4.98. The summed E-state index contributed by atoms with van der Waals surface area (Å²) in [6.07, 6.45) is 6.65. The lowest BCUT2D eigenvalue weighted by Crippen LogP contribution is -2.48. The van der Waals surface area contributed by atoms with E-state index in [0.29, 0.717) is 17.2 Å². The van der Waals surface area contributed by atoms with Gasteiger partial charge >= 0.3 is 0 Å². The SMILES string of the molecule is COc1ccc(NC(=O)C(C)(C)C(=O)NC2CCCCCC2)c(OC)c1. The number of nitrogens with one attached hydrogen (secondary N) is 2. The van der Waals surface area contributed by atoms with Gasteiger partial charge < -0.3 is 20.1 Å². The number of hydrogen-bond acceptors (Lipinski definition) is 4. The Hall–Kier alpha value is -2.24. The van der Waals surface area contributed by atoms with Crippen LogP contribution in [0, 0.1) is 5.41 Å². The highest BCUT2D eigenvalue weighted by Crippen LogP contribution is 2.31. The molecule has 2 rings (SSSR count). The second-order valence-corrected chi connectivity index (χ2v) is 7.31. The number of carbonyl (C=O) groups excluding carboxylic acids is 2. The summed E-state index contributed by atoms with van der Waals surface area (Å²) in [6, 6.07) is 5.28. The summed E-state index contributed by atoms with van der Waals surface area (Å²) in [7, 11) is 3.09. The Morgan fingerprint density at radius 3 is 2.23 bits per heavy atom. The third-order valence-corrected chi connectivity index (χ3v) is 4.98. The molecule has 26 heavy (non-hydrogen) atoms. The maximum Gasteiger partial charge on any atom is 0.239 e. The van der Waals surface area contributed by atoms with Crippen molar-refractivity contribution in [3.05, 3.63) is 18.2 Å². The first kappa shape index (κ1) is 20.1. The Kier molecular flexibility index (Phi) is 6.89. The molecule has 2 amide bonds. The van der Waals surface area contributed by atoms with Crippen molar-refractivity contribution in [3.8, 4) is 11.5 Å². The number of anilines is 1. The van der Waals surface area contributed by atoms with E-state index in [1.165, 1.54) is 20.0 Å². The largest absolute Gasteiger partial charge is 0.497 e. The van der Waals surface area contributed by atoms with Crippen molar-refractivity contribution in [2.45, 2.75) is 58.4 Å². The van der Waals surface area contributed by atoms with Crippen LogP contribution in [0.4, 0.5) is 5.69 Å². The lowest BCUT2D eigenvalue weighted by atomic mass is 9.90. The summed E-state index contributed by atoms with van der Waals surface area (Å²) >= 11 is 0. The quantitative estimate of drug-likeness (QED) is 0.600. The van der Waals surface area contributed by atoms with Gasteiger partial charge in [-0.2, -0.15) is 0 Å². The number of rotatable bonds is 6. The first-order valence-electron chi connectivity index (χ1n) is 9.23. The standard InChI is InChI=1S/C20H30N2O4/c1-20(2,18(23)21-14-9-7-5-6-8-10-14)19(24)22-16-12-11-15(25-3)13-17(16)26-4/h11-14H,5-10H2,1-4H3,(H,21,23)(H,22,24). The van der Waals surface area contributed by atoms with Gasteiger partial charge in [0.15, 0.2) is 0 Å². The van der Waals surface area contributed by atoms with Gasteiger partial charge in [-0.1, -0.05) is 25.7 Å². The molecule has 2 N–H and O–H groups in total. The Labute approximate surface area is 155 Å². The van der Waals surface area contributed by atoms with Crippen molar-refractivity contribution in [2.75, 3.05) is 19.5 Å². The summed E-state index contributed by atoms with van der Waals surface area (Å²) < 4.78 is 10.5. The summed E-state index contributed by atoms with van der Waals surface area (Å²) in [5.74, 6) is 0.504. The molecule has 0 spiro atoms. The van der Waals surface area contributed by atoms with E-state index in [-0.39, 0.29) is 17.9 Å². The number of amides is 2. The van der Waals surface area contributed by atoms with E-state index in [1.807, 2.05) is 0 Å². The molecule has 0 aromatic heterocycles. The molecule has 0 saturated heterocycles. The molecule has 0 radical (unpaired) electrons. The molecular weight excluding hydrogens is 332 g/mol. The van der Waals surface area contributed by atoms with Crippen molar-refractivity contribution in [2.24, 2.45) is 5.41 Å². The molecule has 0 heterocycles. The fraction of sp³-hybridized carbons (Fsp3) is 0.600. The Morgan fingerprint density at radius 1 is 1.00 bits per heavy atom. The van der Waals surface area contributed by atoms with Crippen LogP contribution in [-0.4, -0.2) is 32.1 Å². The number of ether oxygens (including phenoxy) is 2. The van der Waals surface area contributed by atoms with Gasteiger partial charge in [-0.3, -0.25) is 9.59 Å². The third kappa shape index (κ3) is 4.90. The zero-order chi connectivity index (χ0) is 19.2. The normalized spacial score (nSPS) is 15.7. The average molecular weight is 362 g/mol. The Morgan fingerprint density at radius 2 is 1.65 bits per heavy atom. The van der Waals surface area contributed by atoms with Crippen LogP contribution >= 0.6 is 0 Å². The van der Waals surface area contributed by atoms with E-state index < -0.39 is 5.41 Å². The highest BCUT2D eigenvalue weighted by Gasteiger charge is 2.37. The fourth-order valence-corrected chi connectivity index (χ4v) is 3.07. The van der Waals surface area contributed by atoms with Crippen molar-refractivity contribution in [1.29, 1.82) is 0 Å². The molecule has 1 aliphatic rings. The second-order valence-electron chi connectivity index (χ2n) is 7.31. The van der Waals surface area contributed by atoms with Crippen LogP contribution in [0.3, 0.4) is 0 Å². The van der Waals surface area contributed by atoms with Gasteiger partial charge in [0.2, 0.25) is 11.8 Å². The molecule has 144 valence electrons. The average Bonchev–Trinajstić information content (AvgIpc) is 2.90. The van der Waals surface area contributed by atoms with Gasteiger partial charge in [-0.15, -0.1) is 0 Å². The van der Waals surface area contributed by atoms with Gasteiger partial charge in [0, 0.05) is 12.1 Å². The molecule has 1 aromatic rings. The van der Waals surface area contributed by atoms with Crippen molar-refractivity contribution < 1.29 is 19.1 Å². The molecule has 6 nitrogen and oxygen atoms in total. The van der Waals surface area contributed by atoms with E-state index in [1.54, 1.807) is 39.2 Å². The van der Waals surface area contributed by atoms with Gasteiger partial charge in [0.1, 0.15) is 16.9 Å². The summed E-state index contributed by atoms with van der Waals surface area (Å²) in [5, 5.41) is 5.86. The number of carbonyl (C=O) groups is 2. The minimum atomic E-state index is -1.18. The van der Waals surface area contributed by atoms with Gasteiger partial charge in [0.25, 0.3) is 0 Å². The predicted octanol–water partition coefficient (Wildman–Crippen LogP) is 3.51. The molecule has 6 heteroatoms. The molecule has 0 unspecified atom stereocenters. The molecule has 0 aliphatic heterocycles. The van der Waals surface area contributed by atoms with E-state index >= 15 is 0 Å². The molecule has 1 saturated carbocycles. The molecule has 1 fully saturated rings. The monoisotopic (exact) mass is 362 g/mol. The van der Waals surface area contributed by atoms with Crippen LogP contribution in [0.5, 0.6) is 11.5 Å². The highest BCUT2D eigenvalue weighted by molar-refractivity contribution is 6.10. The van der Waals surface area contributed by atoms with E-state index in [4.69, 9.17) is 9.47 Å². The van der Waals surface area contributed by atoms with Gasteiger partial charge in [-0.05, 0) is 38.8 Å². The first-order chi connectivity index (χ1) is 12.4. The number of hydrogen-bond donors (Lipinski definition) is 2. The van der Waals surface area contributed by atoms with Crippen molar-refractivity contribution in [3.63, 3.8) is 0 Å². The van der Waals surface area contributed by atoms with Crippen LogP contribution in [0.1, 0.15) is 52.4 Å². The second kappa shape index (κ2) is 8.92. The zero-order valence-corrected chi connectivity index (χ0v) is 16.2. The maximum atomic E-state index is 12.7. The summed E-state index contributed by atoms with van der Waals surface area (Å²) in [6.45, 7) is 3.29. The fourth-order valence-electron chi connectivity index (χ4n) is 3.07. The van der Waals surface area contributed by atoms with Crippen LogP contribution in [0.15, 0.2) is 18.2 Å². The van der Waals surface area contributed by atoms with Gasteiger partial charge in [0.05, 0.1) is 19.9 Å². The summed E-state index contributed by atoms with van der Waals surface area (Å²) in [4.78, 5) is 25.5. The Bertz CT molecular complexity index is 635. The molecule has 0 bridgehead atoms. The smallest absolute Gasteiger partial charge is 0.239 e. The minimum Gasteiger partial charge on any atom is -0.497 e. The molecule has 0 atom stereocenters. The van der Waals surface area contributed by atoms with E-state index in [0.717, 1.165) is 25.7 Å². The topological polar surface area (TPSA) is 76.7 Å². The molecule has 1 aliphatic carbocycles. The van der Waals surface area contributed by atoms with Crippen molar-refractivity contribution in [1.82, 2.24) is 5.32 Å². The first-order valence-corrected chi connectivity index (χ1v) is 9.23.